The molecule has 0 aromatic carbocycles. The van der Waals surface area contributed by atoms with Crippen molar-refractivity contribution in [2.45, 2.75) is 39.2 Å². The van der Waals surface area contributed by atoms with Crippen LogP contribution in [0.1, 0.15) is 33.1 Å². The molecule has 108 valence electrons. The Morgan fingerprint density at radius 3 is 2.61 bits per heavy atom. The lowest BCUT2D eigenvalue weighted by Gasteiger charge is -2.30. The molecule has 2 unspecified atom stereocenters. The van der Waals surface area contributed by atoms with Crippen LogP contribution in [0.15, 0.2) is 0 Å². The van der Waals surface area contributed by atoms with Gasteiger partial charge in [0, 0.05) is 32.3 Å². The summed E-state index contributed by atoms with van der Waals surface area (Å²) in [6, 6.07) is 0.658. The Labute approximate surface area is 112 Å². The van der Waals surface area contributed by atoms with Gasteiger partial charge in [0.1, 0.15) is 0 Å². The monoisotopic (exact) mass is 257 g/mol. The number of rotatable bonds is 7. The van der Waals surface area contributed by atoms with E-state index >= 15 is 0 Å². The van der Waals surface area contributed by atoms with E-state index in [0.29, 0.717) is 18.6 Å². The number of nitrogens with two attached hydrogens (primary N) is 1. The first kappa shape index (κ1) is 15.9. The zero-order valence-electron chi connectivity index (χ0n) is 12.1. The van der Waals surface area contributed by atoms with Crippen LogP contribution in [-0.4, -0.2) is 66.8 Å². The predicted molar refractivity (Wildman–Crippen MR) is 76.6 cm³/mol. The number of aliphatic hydroxyl groups excluding tert-OH is 1. The van der Waals surface area contributed by atoms with Crippen molar-refractivity contribution in [2.24, 2.45) is 11.7 Å². The van der Waals surface area contributed by atoms with Gasteiger partial charge in [0.25, 0.3) is 0 Å². The van der Waals surface area contributed by atoms with Crippen molar-refractivity contribution < 1.29 is 5.11 Å². The molecule has 1 aliphatic rings. The van der Waals surface area contributed by atoms with E-state index in [1.54, 1.807) is 0 Å². The number of hydrogen-bond donors (Lipinski definition) is 2. The fourth-order valence-electron chi connectivity index (χ4n) is 2.87. The Kier molecular flexibility index (Phi) is 7.82. The lowest BCUT2D eigenvalue weighted by molar-refractivity contribution is 0.163. The van der Waals surface area contributed by atoms with Gasteiger partial charge in [-0.25, -0.2) is 0 Å². The Morgan fingerprint density at radius 2 is 2.00 bits per heavy atom. The van der Waals surface area contributed by atoms with Gasteiger partial charge in [0.2, 0.25) is 0 Å². The average molecular weight is 257 g/mol. The lowest BCUT2D eigenvalue weighted by Crippen LogP contribution is -2.39. The highest BCUT2D eigenvalue weighted by atomic mass is 16.3. The summed E-state index contributed by atoms with van der Waals surface area (Å²) in [7, 11) is 0. The lowest BCUT2D eigenvalue weighted by atomic mass is 10.1. The molecule has 0 bridgehead atoms. The van der Waals surface area contributed by atoms with Crippen molar-refractivity contribution in [3.63, 3.8) is 0 Å². The van der Waals surface area contributed by atoms with Crippen LogP contribution in [0.5, 0.6) is 0 Å². The molecule has 1 heterocycles. The third kappa shape index (κ3) is 5.22. The minimum atomic E-state index is 0.297. The third-order valence-electron chi connectivity index (χ3n) is 3.99. The van der Waals surface area contributed by atoms with Crippen molar-refractivity contribution in [2.75, 3.05) is 45.9 Å². The Hall–Kier alpha value is -0.160. The topological polar surface area (TPSA) is 52.7 Å². The first-order valence-corrected chi connectivity index (χ1v) is 7.48. The first-order chi connectivity index (χ1) is 8.71. The molecule has 4 nitrogen and oxygen atoms in total. The summed E-state index contributed by atoms with van der Waals surface area (Å²) < 4.78 is 0. The summed E-state index contributed by atoms with van der Waals surface area (Å²) in [5.41, 5.74) is 5.70. The molecule has 0 amide bonds. The van der Waals surface area contributed by atoms with E-state index in [4.69, 9.17) is 10.8 Å². The smallest absolute Gasteiger partial charge is 0.0468 e. The van der Waals surface area contributed by atoms with Crippen molar-refractivity contribution >= 4 is 0 Å². The van der Waals surface area contributed by atoms with Crippen molar-refractivity contribution in [1.82, 2.24) is 9.80 Å². The molecular weight excluding hydrogens is 226 g/mol. The van der Waals surface area contributed by atoms with E-state index in [0.717, 1.165) is 32.6 Å². The summed E-state index contributed by atoms with van der Waals surface area (Å²) in [4.78, 5) is 5.10. The molecule has 0 saturated carbocycles. The fourth-order valence-corrected chi connectivity index (χ4v) is 2.87. The maximum absolute atomic E-state index is 9.13. The van der Waals surface area contributed by atoms with Crippen molar-refractivity contribution in [3.05, 3.63) is 0 Å². The van der Waals surface area contributed by atoms with Crippen LogP contribution in [-0.2, 0) is 0 Å². The van der Waals surface area contributed by atoms with E-state index in [-0.39, 0.29) is 0 Å². The number of aliphatic hydroxyl groups is 1. The van der Waals surface area contributed by atoms with E-state index < -0.39 is 0 Å². The van der Waals surface area contributed by atoms with Crippen LogP contribution < -0.4 is 5.73 Å². The summed E-state index contributed by atoms with van der Waals surface area (Å²) in [5.74, 6) is 0.391. The predicted octanol–water partition coefficient (Wildman–Crippen LogP) is 0.750. The minimum Gasteiger partial charge on any atom is -0.396 e. The molecule has 3 N–H and O–H groups in total. The van der Waals surface area contributed by atoms with Crippen molar-refractivity contribution in [1.29, 1.82) is 0 Å². The molecule has 18 heavy (non-hydrogen) atoms. The van der Waals surface area contributed by atoms with Gasteiger partial charge in [-0.3, -0.25) is 4.90 Å². The van der Waals surface area contributed by atoms with Gasteiger partial charge in [0.05, 0.1) is 0 Å². The molecule has 0 radical (unpaired) electrons. The van der Waals surface area contributed by atoms with Gasteiger partial charge in [-0.2, -0.15) is 0 Å². The van der Waals surface area contributed by atoms with E-state index in [1.165, 1.54) is 25.9 Å². The van der Waals surface area contributed by atoms with Gasteiger partial charge in [0.15, 0.2) is 0 Å². The molecular formula is C14H31N3O. The van der Waals surface area contributed by atoms with Crippen molar-refractivity contribution in [3.8, 4) is 0 Å². The molecule has 0 aliphatic carbocycles. The third-order valence-corrected chi connectivity index (χ3v) is 3.99. The van der Waals surface area contributed by atoms with Crippen LogP contribution in [0.3, 0.4) is 0 Å². The molecule has 0 aromatic rings. The molecule has 0 aromatic heterocycles. The summed E-state index contributed by atoms with van der Waals surface area (Å²) >= 11 is 0. The summed E-state index contributed by atoms with van der Waals surface area (Å²) in [6.45, 7) is 11.1. The molecule has 1 saturated heterocycles. The Morgan fingerprint density at radius 1 is 1.22 bits per heavy atom. The highest BCUT2D eigenvalue weighted by Gasteiger charge is 2.20. The van der Waals surface area contributed by atoms with E-state index in [2.05, 4.69) is 23.6 Å². The standard InChI is InChI=1S/C14H31N3O/c1-3-14(5-6-15)17-8-4-7-16(9-10-17)11-13(2)12-18/h13-14,18H,3-12,15H2,1-2H3. The summed E-state index contributed by atoms with van der Waals surface area (Å²) in [5, 5.41) is 9.13. The van der Waals surface area contributed by atoms with Crippen LogP contribution >= 0.6 is 0 Å². The van der Waals surface area contributed by atoms with Gasteiger partial charge in [-0.05, 0) is 44.8 Å². The van der Waals surface area contributed by atoms with Crippen LogP contribution in [0.2, 0.25) is 0 Å². The van der Waals surface area contributed by atoms with E-state index in [9.17, 15) is 0 Å². The SMILES string of the molecule is CCC(CCN)N1CCCN(CC(C)CO)CC1. The molecule has 0 spiro atoms. The second-order valence-corrected chi connectivity index (χ2v) is 5.62. The maximum atomic E-state index is 9.13. The normalized spacial score (nSPS) is 22.7. The Bertz CT molecular complexity index is 213. The van der Waals surface area contributed by atoms with Crippen LogP contribution in [0, 0.1) is 5.92 Å². The van der Waals surface area contributed by atoms with Gasteiger partial charge in [-0.15, -0.1) is 0 Å². The first-order valence-electron chi connectivity index (χ1n) is 7.48. The zero-order chi connectivity index (χ0) is 13.4. The van der Waals surface area contributed by atoms with Gasteiger partial charge >= 0.3 is 0 Å². The quantitative estimate of drug-likeness (QED) is 0.707. The molecule has 2 atom stereocenters. The van der Waals surface area contributed by atoms with Crippen LogP contribution in [0.25, 0.3) is 0 Å². The highest BCUT2D eigenvalue weighted by Crippen LogP contribution is 2.13. The molecule has 1 fully saturated rings. The average Bonchev–Trinajstić information content (AvgIpc) is 2.61. The molecule has 1 aliphatic heterocycles. The second kappa shape index (κ2) is 8.86. The molecule has 1 rings (SSSR count). The van der Waals surface area contributed by atoms with Gasteiger partial charge in [-0.1, -0.05) is 13.8 Å². The maximum Gasteiger partial charge on any atom is 0.0468 e. The highest BCUT2D eigenvalue weighted by molar-refractivity contribution is 4.77. The number of nitrogens with zero attached hydrogens (tertiary/aromatic N) is 2. The minimum absolute atomic E-state index is 0.297. The van der Waals surface area contributed by atoms with E-state index in [1.807, 2.05) is 0 Å². The Balaban J connectivity index is 2.39. The molecule has 4 heteroatoms. The zero-order valence-corrected chi connectivity index (χ0v) is 12.1. The van der Waals surface area contributed by atoms with Crippen LogP contribution in [0.4, 0.5) is 0 Å². The largest absolute Gasteiger partial charge is 0.396 e. The fraction of sp³-hybridized carbons (Fsp3) is 1.00. The van der Waals surface area contributed by atoms with Gasteiger partial charge < -0.3 is 15.7 Å². The summed E-state index contributed by atoms with van der Waals surface area (Å²) in [6.07, 6.45) is 3.55. The number of hydrogen-bond acceptors (Lipinski definition) is 4. The second-order valence-electron chi connectivity index (χ2n) is 5.62.